The Balaban J connectivity index is 2.81. The van der Waals surface area contributed by atoms with E-state index < -0.39 is 38.4 Å². The average molecular weight is 309 g/mol. The number of ether oxygens (including phenoxy) is 1. The van der Waals surface area contributed by atoms with Gasteiger partial charge in [-0.2, -0.15) is 13.2 Å². The minimum Gasteiger partial charge on any atom is -0.363 e. The second kappa shape index (κ2) is 5.96. The maximum Gasteiger partial charge on any atom is 0.433 e. The lowest BCUT2D eigenvalue weighted by molar-refractivity contribution is -0.145. The molecule has 0 fully saturated rings. The molecule has 20 heavy (non-hydrogen) atoms. The Hall–Kier alpha value is -1.35. The topological polar surface area (TPSA) is 70.1 Å². The second-order valence-electron chi connectivity index (χ2n) is 5.61. The van der Waals surface area contributed by atoms with E-state index in [9.17, 15) is 18.0 Å². The van der Waals surface area contributed by atoms with Gasteiger partial charge in [-0.25, -0.2) is 4.98 Å². The molecule has 0 radical (unpaired) electrons. The molecule has 1 aromatic rings. The van der Waals surface area contributed by atoms with Crippen molar-refractivity contribution in [3.05, 3.63) is 17.7 Å². The van der Waals surface area contributed by atoms with Gasteiger partial charge < -0.3 is 10.5 Å². The normalized spacial score (nSPS) is 12.7. The summed E-state index contributed by atoms with van der Waals surface area (Å²) in [6, 6.07) is 0.814. The quantitative estimate of drug-likeness (QED) is 0.647. The predicted octanol–water partition coefficient (Wildman–Crippen LogP) is 2.31. The van der Waals surface area contributed by atoms with E-state index in [0.29, 0.717) is 17.4 Å². The van der Waals surface area contributed by atoms with Crippen LogP contribution < -0.4 is 5.73 Å². The highest BCUT2D eigenvalue weighted by Crippen LogP contribution is 2.29. The van der Waals surface area contributed by atoms with Gasteiger partial charge >= 0.3 is 6.18 Å². The van der Waals surface area contributed by atoms with Crippen LogP contribution in [-0.2, 0) is 17.6 Å². The first kappa shape index (κ1) is 16.7. The number of hydrogen-bond donors (Lipinski definition) is 1. The fourth-order valence-electron chi connectivity index (χ4n) is 1.46. The van der Waals surface area contributed by atoms with E-state index in [1.807, 2.05) is 0 Å². The molecule has 0 unspecified atom stereocenters. The van der Waals surface area contributed by atoms with Gasteiger partial charge in [-0.15, -0.1) is 0 Å². The Bertz CT molecular complexity index is 480. The molecule has 5 nitrogen and oxygen atoms in total. The zero-order valence-corrected chi connectivity index (χ0v) is 12.6. The molecule has 1 amide bonds. The molecule has 9 heteroatoms. The summed E-state index contributed by atoms with van der Waals surface area (Å²) in [4.78, 5) is 14.5. The van der Waals surface area contributed by atoms with Crippen molar-refractivity contribution in [2.45, 2.75) is 38.6 Å². The van der Waals surface area contributed by atoms with E-state index in [0.717, 1.165) is 6.04 Å². The van der Waals surface area contributed by atoms with E-state index in [1.54, 1.807) is 0 Å². The Labute approximate surface area is 115 Å². The summed E-state index contributed by atoms with van der Waals surface area (Å²) in [6.07, 6.45) is -4.02. The van der Waals surface area contributed by atoms with Crippen LogP contribution in [-0.4, -0.2) is 30.1 Å². The van der Waals surface area contributed by atoms with Crippen LogP contribution in [0.15, 0.2) is 6.20 Å². The number of alkyl halides is 3. The smallest absolute Gasteiger partial charge is 0.363 e. The molecule has 0 aromatic carbocycles. The zero-order valence-electron chi connectivity index (χ0n) is 11.6. The van der Waals surface area contributed by atoms with E-state index in [1.165, 1.54) is 0 Å². The molecule has 1 aromatic heterocycles. The largest absolute Gasteiger partial charge is 0.433 e. The molecule has 0 aliphatic heterocycles. The van der Waals surface area contributed by atoms with Crippen molar-refractivity contribution in [1.29, 1.82) is 0 Å². The third-order valence-electron chi connectivity index (χ3n) is 2.58. The number of nitrogens with zero attached hydrogens (tertiary/aromatic N) is 2. The lowest BCUT2D eigenvalue weighted by Crippen LogP contribution is -2.25. The van der Waals surface area contributed by atoms with Crippen LogP contribution in [0.5, 0.6) is 0 Å². The highest BCUT2D eigenvalue weighted by Gasteiger charge is 2.36. The minimum absolute atomic E-state index is 0.337. The minimum atomic E-state index is -4.61. The van der Waals surface area contributed by atoms with Gasteiger partial charge in [-0.05, 0) is 6.04 Å². The van der Waals surface area contributed by atoms with Crippen molar-refractivity contribution in [3.8, 4) is 0 Å². The van der Waals surface area contributed by atoms with E-state index in [4.69, 9.17) is 10.5 Å². The third-order valence-corrected chi connectivity index (χ3v) is 4.29. The second-order valence-corrected chi connectivity index (χ2v) is 11.2. The fourth-order valence-corrected chi connectivity index (χ4v) is 2.22. The first-order valence-corrected chi connectivity index (χ1v) is 9.73. The van der Waals surface area contributed by atoms with Crippen molar-refractivity contribution in [1.82, 2.24) is 9.55 Å². The highest BCUT2D eigenvalue weighted by atomic mass is 28.3. The van der Waals surface area contributed by atoms with E-state index >= 15 is 0 Å². The maximum atomic E-state index is 12.8. The van der Waals surface area contributed by atoms with Gasteiger partial charge in [0.05, 0.1) is 6.20 Å². The van der Waals surface area contributed by atoms with E-state index in [-0.39, 0.29) is 0 Å². The summed E-state index contributed by atoms with van der Waals surface area (Å²) in [6.45, 7) is 6.33. The van der Waals surface area contributed by atoms with Crippen LogP contribution in [0, 0.1) is 0 Å². The van der Waals surface area contributed by atoms with Gasteiger partial charge in [0, 0.05) is 14.7 Å². The van der Waals surface area contributed by atoms with Crippen molar-refractivity contribution in [2.75, 3.05) is 6.61 Å². The van der Waals surface area contributed by atoms with Crippen LogP contribution in [0.25, 0.3) is 0 Å². The number of imidazole rings is 1. The number of carbonyl (C=O) groups is 1. The van der Waals surface area contributed by atoms with Gasteiger partial charge in [0.1, 0.15) is 12.4 Å². The summed E-state index contributed by atoms with van der Waals surface area (Å²) in [5.41, 5.74) is 3.96. The summed E-state index contributed by atoms with van der Waals surface area (Å²) in [5, 5.41) is 0. The first-order chi connectivity index (χ1) is 9.02. The Morgan fingerprint density at radius 3 is 2.50 bits per heavy atom. The fraction of sp³-hybridized carbons (Fsp3) is 0.636. The molecule has 0 saturated heterocycles. The van der Waals surface area contributed by atoms with Crippen molar-refractivity contribution in [2.24, 2.45) is 5.73 Å². The molecule has 0 atom stereocenters. The van der Waals surface area contributed by atoms with Crippen LogP contribution >= 0.6 is 0 Å². The van der Waals surface area contributed by atoms with Crippen molar-refractivity contribution < 1.29 is 22.7 Å². The van der Waals surface area contributed by atoms with Crippen molar-refractivity contribution in [3.63, 3.8) is 0 Å². The number of amides is 1. The average Bonchev–Trinajstić information content (AvgIpc) is 2.66. The summed E-state index contributed by atoms with van der Waals surface area (Å²) >= 11 is 0. The monoisotopic (exact) mass is 309 g/mol. The summed E-state index contributed by atoms with van der Waals surface area (Å²) < 4.78 is 44.2. The van der Waals surface area contributed by atoms with E-state index in [2.05, 4.69) is 24.6 Å². The van der Waals surface area contributed by atoms with Crippen LogP contribution in [0.4, 0.5) is 13.2 Å². The molecule has 0 aliphatic rings. The van der Waals surface area contributed by atoms with Crippen LogP contribution in [0.1, 0.15) is 16.3 Å². The van der Waals surface area contributed by atoms with Crippen LogP contribution in [0.3, 0.4) is 0 Å². The van der Waals surface area contributed by atoms with Gasteiger partial charge in [-0.1, -0.05) is 19.6 Å². The maximum absolute atomic E-state index is 12.8. The Kier molecular flexibility index (Phi) is 4.98. The standard InChI is InChI=1S/C11H18F3N3O2Si/c1-20(2,3)5-4-19-7-17-8(11(12,13)14)6-16-10(17)9(15)18/h6H,4-5,7H2,1-3H3,(H2,15,18). The number of carbonyl (C=O) groups excluding carboxylic acids is 1. The lowest BCUT2D eigenvalue weighted by atomic mass is 10.4. The molecule has 0 spiro atoms. The number of aromatic nitrogens is 2. The number of nitrogens with two attached hydrogens (primary N) is 1. The molecule has 0 aliphatic carbocycles. The molecule has 1 heterocycles. The molecular formula is C11H18F3N3O2Si. The van der Waals surface area contributed by atoms with Crippen molar-refractivity contribution >= 4 is 14.0 Å². The molecule has 114 valence electrons. The zero-order chi connectivity index (χ0) is 15.6. The molecule has 0 saturated carbocycles. The van der Waals surface area contributed by atoms with Gasteiger partial charge in [0.25, 0.3) is 5.91 Å². The lowest BCUT2D eigenvalue weighted by Gasteiger charge is -2.17. The molecule has 0 bridgehead atoms. The molecular weight excluding hydrogens is 291 g/mol. The number of halogens is 3. The first-order valence-electron chi connectivity index (χ1n) is 6.02. The summed E-state index contributed by atoms with van der Waals surface area (Å²) in [7, 11) is -1.33. The van der Waals surface area contributed by atoms with Gasteiger partial charge in [0.15, 0.2) is 0 Å². The highest BCUT2D eigenvalue weighted by molar-refractivity contribution is 6.76. The Morgan fingerprint density at radius 1 is 1.45 bits per heavy atom. The SMILES string of the molecule is C[Si](C)(C)CCOCn1c(C(F)(F)F)cnc1C(N)=O. The summed E-state index contributed by atoms with van der Waals surface area (Å²) in [5.74, 6) is -1.47. The molecule has 1 rings (SSSR count). The van der Waals surface area contributed by atoms with Crippen LogP contribution in [0.2, 0.25) is 25.7 Å². The molecule has 2 N–H and O–H groups in total. The number of hydrogen-bond acceptors (Lipinski definition) is 3. The number of rotatable bonds is 6. The third kappa shape index (κ3) is 4.64. The van der Waals surface area contributed by atoms with Gasteiger partial charge in [0.2, 0.25) is 5.82 Å². The Morgan fingerprint density at radius 2 is 2.05 bits per heavy atom. The van der Waals surface area contributed by atoms with Gasteiger partial charge in [-0.3, -0.25) is 9.36 Å². The number of primary amides is 1. The predicted molar refractivity (Wildman–Crippen MR) is 69.9 cm³/mol.